The van der Waals surface area contributed by atoms with Crippen LogP contribution in [0, 0.1) is 0 Å². The van der Waals surface area contributed by atoms with Gasteiger partial charge in [-0.15, -0.1) is 0 Å². The minimum atomic E-state index is -0.811. The number of hydrogen-bond donors (Lipinski definition) is 3. The average molecular weight is 680 g/mol. The predicted molar refractivity (Wildman–Crippen MR) is 189 cm³/mol. The number of carbonyl (C=O) groups is 2. The maximum atomic E-state index is 12.8. The van der Waals surface area contributed by atoms with Crippen molar-refractivity contribution >= 4 is 12.0 Å². The lowest BCUT2D eigenvalue weighted by molar-refractivity contribution is -0.253. The molecule has 2 heterocycles. The fraction of sp³-hybridized carbons (Fsp3) is 0.350. The zero-order chi connectivity index (χ0) is 34.7. The van der Waals surface area contributed by atoms with Crippen LogP contribution in [-0.4, -0.2) is 74.1 Å². The van der Waals surface area contributed by atoms with Gasteiger partial charge in [-0.3, -0.25) is 4.90 Å². The number of hydrogen-bond acceptors (Lipinski definition) is 8. The van der Waals surface area contributed by atoms with Crippen molar-refractivity contribution in [3.05, 3.63) is 131 Å². The van der Waals surface area contributed by atoms with Gasteiger partial charge in [-0.2, -0.15) is 0 Å². The summed E-state index contributed by atoms with van der Waals surface area (Å²) in [4.78, 5) is 27.6. The van der Waals surface area contributed by atoms with Gasteiger partial charge in [0.15, 0.2) is 6.29 Å². The van der Waals surface area contributed by atoms with E-state index in [1.165, 1.54) is 7.11 Å². The van der Waals surface area contributed by atoms with Gasteiger partial charge >= 0.3 is 12.0 Å². The molecular weight excluding hydrogens is 634 g/mol. The Hall–Kier alpha value is -4.58. The highest BCUT2D eigenvalue weighted by Crippen LogP contribution is 2.39. The van der Waals surface area contributed by atoms with E-state index in [0.717, 1.165) is 78.2 Å². The number of amides is 2. The Morgan fingerprint density at radius 1 is 0.840 bits per heavy atom. The van der Waals surface area contributed by atoms with E-state index in [1.807, 2.05) is 97.1 Å². The maximum absolute atomic E-state index is 12.8. The highest BCUT2D eigenvalue weighted by Gasteiger charge is 2.33. The third kappa shape index (κ3) is 9.56. The Labute approximate surface area is 293 Å². The number of urea groups is 1. The van der Waals surface area contributed by atoms with Gasteiger partial charge in [-0.05, 0) is 45.5 Å². The molecule has 6 rings (SSSR count). The quantitative estimate of drug-likeness (QED) is 0.173. The first-order valence-electron chi connectivity index (χ1n) is 17.1. The third-order valence-electron chi connectivity index (χ3n) is 9.13. The van der Waals surface area contributed by atoms with Crippen LogP contribution in [0.25, 0.3) is 11.1 Å². The molecule has 0 saturated carbocycles. The number of carbonyl (C=O) groups excluding carboxylic acids is 2. The summed E-state index contributed by atoms with van der Waals surface area (Å²) in [5.41, 5.74) is 6.64. The number of benzene rings is 4. The zero-order valence-electron chi connectivity index (χ0n) is 28.3. The third-order valence-corrected chi connectivity index (χ3v) is 9.13. The molecule has 2 saturated heterocycles. The van der Waals surface area contributed by atoms with E-state index in [9.17, 15) is 14.7 Å². The van der Waals surface area contributed by atoms with Crippen molar-refractivity contribution in [2.24, 2.45) is 0 Å². The smallest absolute Gasteiger partial charge is 0.328 e. The molecule has 0 unspecified atom stereocenters. The van der Waals surface area contributed by atoms with E-state index < -0.39 is 24.3 Å². The van der Waals surface area contributed by atoms with Gasteiger partial charge in [-0.25, -0.2) is 9.59 Å². The van der Waals surface area contributed by atoms with Crippen LogP contribution in [0.5, 0.6) is 0 Å². The second kappa shape index (κ2) is 17.4. The summed E-state index contributed by atoms with van der Waals surface area (Å²) in [6.45, 7) is 4.27. The fourth-order valence-electron chi connectivity index (χ4n) is 6.41. The summed E-state index contributed by atoms with van der Waals surface area (Å²) >= 11 is 0. The molecule has 2 aliphatic heterocycles. The first-order valence-corrected chi connectivity index (χ1v) is 17.1. The molecule has 262 valence electrons. The van der Waals surface area contributed by atoms with E-state index >= 15 is 0 Å². The van der Waals surface area contributed by atoms with Gasteiger partial charge in [-0.1, -0.05) is 91.0 Å². The molecule has 10 nitrogen and oxygen atoms in total. The molecule has 0 aromatic heterocycles. The van der Waals surface area contributed by atoms with Crippen molar-refractivity contribution in [1.29, 1.82) is 0 Å². The molecule has 0 radical (unpaired) electrons. The van der Waals surface area contributed by atoms with Gasteiger partial charge < -0.3 is 34.7 Å². The maximum Gasteiger partial charge on any atom is 0.328 e. The number of esters is 1. The van der Waals surface area contributed by atoms with Crippen LogP contribution in [0.4, 0.5) is 4.79 Å². The molecule has 3 N–H and O–H groups in total. The molecule has 4 aromatic rings. The number of aliphatic hydroxyl groups is 1. The second-order valence-electron chi connectivity index (χ2n) is 12.7. The first kappa shape index (κ1) is 35.3. The summed E-state index contributed by atoms with van der Waals surface area (Å²) in [5.74, 6) is -0.504. The summed E-state index contributed by atoms with van der Waals surface area (Å²) < 4.78 is 23.7. The minimum absolute atomic E-state index is 0.000928. The molecule has 0 aliphatic carbocycles. The minimum Gasteiger partial charge on any atom is -0.467 e. The number of morpholine rings is 1. The largest absolute Gasteiger partial charge is 0.467 e. The van der Waals surface area contributed by atoms with Crippen LogP contribution in [0.15, 0.2) is 103 Å². The summed E-state index contributed by atoms with van der Waals surface area (Å²) in [7, 11) is 1.31. The number of rotatable bonds is 12. The summed E-state index contributed by atoms with van der Waals surface area (Å²) in [6, 6.07) is 32.3. The Bertz CT molecular complexity index is 1690. The Kier molecular flexibility index (Phi) is 12.3. The van der Waals surface area contributed by atoms with Crippen LogP contribution < -0.4 is 10.6 Å². The van der Waals surface area contributed by atoms with Gasteiger partial charge in [0.1, 0.15) is 6.04 Å². The fourth-order valence-corrected chi connectivity index (χ4v) is 6.41. The second-order valence-corrected chi connectivity index (χ2v) is 12.7. The molecular formula is C40H45N3O7. The number of nitrogens with one attached hydrogen (secondary N) is 2. The van der Waals surface area contributed by atoms with Crippen LogP contribution >= 0.6 is 0 Å². The Morgan fingerprint density at radius 2 is 1.56 bits per heavy atom. The van der Waals surface area contributed by atoms with Gasteiger partial charge in [0.05, 0.1) is 39.1 Å². The van der Waals surface area contributed by atoms with Crippen molar-refractivity contribution in [1.82, 2.24) is 15.5 Å². The van der Waals surface area contributed by atoms with Crippen LogP contribution in [0.2, 0.25) is 0 Å². The van der Waals surface area contributed by atoms with Crippen molar-refractivity contribution in [3.8, 4) is 11.1 Å². The van der Waals surface area contributed by atoms with Crippen LogP contribution in [0.3, 0.4) is 0 Å². The molecule has 2 aliphatic rings. The molecule has 0 bridgehead atoms. The lowest BCUT2D eigenvalue weighted by Crippen LogP contribution is -2.47. The molecule has 4 atom stereocenters. The first-order chi connectivity index (χ1) is 24.5. The average Bonchev–Trinajstić information content (AvgIpc) is 3.17. The normalized spacial score (nSPS) is 20.1. The number of ether oxygens (including phenoxy) is 4. The van der Waals surface area contributed by atoms with E-state index in [-0.39, 0.29) is 25.4 Å². The van der Waals surface area contributed by atoms with E-state index in [4.69, 9.17) is 18.9 Å². The van der Waals surface area contributed by atoms with E-state index in [0.29, 0.717) is 6.42 Å². The van der Waals surface area contributed by atoms with Gasteiger partial charge in [0.2, 0.25) is 0 Å². The van der Waals surface area contributed by atoms with E-state index in [1.54, 1.807) is 0 Å². The Morgan fingerprint density at radius 3 is 2.30 bits per heavy atom. The highest BCUT2D eigenvalue weighted by atomic mass is 16.7. The molecule has 2 fully saturated rings. The highest BCUT2D eigenvalue weighted by molar-refractivity contribution is 5.83. The molecule has 2 amide bonds. The van der Waals surface area contributed by atoms with Crippen molar-refractivity contribution in [3.63, 3.8) is 0 Å². The zero-order valence-corrected chi connectivity index (χ0v) is 28.3. The molecule has 10 heteroatoms. The lowest BCUT2D eigenvalue weighted by Gasteiger charge is -2.39. The topological polar surface area (TPSA) is 119 Å². The van der Waals surface area contributed by atoms with Crippen molar-refractivity contribution < 1.29 is 33.6 Å². The van der Waals surface area contributed by atoms with Crippen molar-refractivity contribution in [2.75, 3.05) is 40.0 Å². The van der Waals surface area contributed by atoms with Gasteiger partial charge in [0, 0.05) is 44.6 Å². The predicted octanol–water partition coefficient (Wildman–Crippen LogP) is 5.31. The lowest BCUT2D eigenvalue weighted by atomic mass is 9.98. The summed E-state index contributed by atoms with van der Waals surface area (Å²) in [5, 5.41) is 15.2. The van der Waals surface area contributed by atoms with E-state index in [2.05, 4.69) is 21.6 Å². The monoisotopic (exact) mass is 679 g/mol. The number of methoxy groups -OCH3 is 1. The number of nitrogens with zero attached hydrogens (tertiary/aromatic N) is 1. The Balaban J connectivity index is 1.13. The van der Waals surface area contributed by atoms with Gasteiger partial charge in [0.25, 0.3) is 0 Å². The molecule has 4 aromatic carbocycles. The van der Waals surface area contributed by atoms with Crippen LogP contribution in [0.1, 0.15) is 46.6 Å². The van der Waals surface area contributed by atoms with Crippen molar-refractivity contribution in [2.45, 2.75) is 50.5 Å². The molecule has 50 heavy (non-hydrogen) atoms. The summed E-state index contributed by atoms with van der Waals surface area (Å²) in [6.07, 6.45) is 0.283. The molecule has 0 spiro atoms. The SMILES string of the molecule is COC(=O)[C@H](Cc1ccccc1)NC(=O)NCc1cccc(-c2cccc([C@@H]3O[C@H](CN4CCOCC4)C[C@H](c4ccc(CO)cc4)O3)c2)c1. The van der Waals surface area contributed by atoms with Crippen LogP contribution in [-0.2, 0) is 43.3 Å². The number of aliphatic hydroxyl groups excluding tert-OH is 1. The standard InChI is InChI=1S/C40H45N3O7/c1-47-38(45)36(22-28-7-3-2-4-8-28)42-40(46)41-25-30-9-5-10-32(21-30)33-11-6-12-34(23-33)39-49-35(26-43-17-19-48-20-18-43)24-37(50-39)31-15-13-29(27-44)14-16-31/h2-16,21,23,35-37,39,44H,17-20,22,24-27H2,1H3,(H2,41,42,46)/t35-,36-,37+,39+/m0/s1.